The van der Waals surface area contributed by atoms with Crippen LogP contribution in [-0.2, 0) is 11.2 Å². The maximum Gasteiger partial charge on any atom is 0.228 e. The molecule has 20 heavy (non-hydrogen) atoms. The lowest BCUT2D eigenvalue weighted by Crippen LogP contribution is -2.21. The first kappa shape index (κ1) is 14.7. The fraction of sp³-hybridized carbons (Fsp3) is 0.467. The molecule has 0 fully saturated rings. The van der Waals surface area contributed by atoms with Gasteiger partial charge in [0.1, 0.15) is 6.10 Å². The van der Waals surface area contributed by atoms with Gasteiger partial charge >= 0.3 is 0 Å². The molecule has 5 heteroatoms. The minimum absolute atomic E-state index is 0.0468. The van der Waals surface area contributed by atoms with Crippen LogP contribution in [0.25, 0.3) is 0 Å². The van der Waals surface area contributed by atoms with Gasteiger partial charge in [0.05, 0.1) is 0 Å². The average molecular weight is 275 g/mol. The number of nitrogens with two attached hydrogens (primary N) is 1. The summed E-state index contributed by atoms with van der Waals surface area (Å²) in [6, 6.07) is 9.94. The molecule has 0 amide bonds. The Labute approximate surface area is 119 Å². The first-order valence-electron chi connectivity index (χ1n) is 6.99. The van der Waals surface area contributed by atoms with Crippen LogP contribution in [0.2, 0.25) is 0 Å². The third kappa shape index (κ3) is 3.65. The lowest BCUT2D eigenvalue weighted by atomic mass is 10.1. The highest BCUT2D eigenvalue weighted by Crippen LogP contribution is 2.23. The summed E-state index contributed by atoms with van der Waals surface area (Å²) in [4.78, 5) is 4.41. The molecule has 5 nitrogen and oxygen atoms in total. The molecule has 1 aromatic carbocycles. The van der Waals surface area contributed by atoms with Gasteiger partial charge in [0, 0.05) is 19.1 Å². The largest absolute Gasteiger partial charge is 0.366 e. The van der Waals surface area contributed by atoms with Crippen molar-refractivity contribution in [3.8, 4) is 0 Å². The molecule has 2 aromatic rings. The minimum atomic E-state index is -0.295. The molecule has 108 valence electrons. The van der Waals surface area contributed by atoms with E-state index in [-0.39, 0.29) is 12.1 Å². The van der Waals surface area contributed by atoms with E-state index in [1.165, 1.54) is 0 Å². The van der Waals surface area contributed by atoms with Crippen LogP contribution in [0, 0.1) is 0 Å². The second-order valence-corrected chi connectivity index (χ2v) is 4.66. The van der Waals surface area contributed by atoms with E-state index in [1.54, 1.807) is 0 Å². The summed E-state index contributed by atoms with van der Waals surface area (Å²) in [5.41, 5.74) is 6.92. The van der Waals surface area contributed by atoms with Gasteiger partial charge in [0.25, 0.3) is 0 Å². The molecule has 2 N–H and O–H groups in total. The topological polar surface area (TPSA) is 74.2 Å². The summed E-state index contributed by atoms with van der Waals surface area (Å²) in [6.07, 6.45) is 1.18. The summed E-state index contributed by atoms with van der Waals surface area (Å²) in [6.45, 7) is 4.57. The summed E-state index contributed by atoms with van der Waals surface area (Å²) in [7, 11) is 0. The molecule has 0 bridgehead atoms. The Morgan fingerprint density at radius 3 is 2.65 bits per heavy atom. The number of rotatable bonds is 7. The number of hydrogen-bond donors (Lipinski definition) is 1. The lowest BCUT2D eigenvalue weighted by molar-refractivity contribution is 0.0833. The van der Waals surface area contributed by atoms with Crippen LogP contribution in [0.3, 0.4) is 0 Å². The molecular weight excluding hydrogens is 254 g/mol. The fourth-order valence-electron chi connectivity index (χ4n) is 1.94. The van der Waals surface area contributed by atoms with E-state index in [1.807, 2.05) is 44.2 Å². The minimum Gasteiger partial charge on any atom is -0.366 e. The standard InChI is InChI=1S/C15H21N3O2/c1-3-12(16)10-13-17-15(18-20-13)14(19-4-2)11-8-6-5-7-9-11/h5-9,12,14H,3-4,10,16H2,1-2H3. The first-order valence-corrected chi connectivity index (χ1v) is 6.99. The van der Waals surface area contributed by atoms with Gasteiger partial charge in [-0.2, -0.15) is 4.98 Å². The Morgan fingerprint density at radius 2 is 2.00 bits per heavy atom. The number of nitrogens with zero attached hydrogens (tertiary/aromatic N) is 2. The van der Waals surface area contributed by atoms with E-state index in [9.17, 15) is 0 Å². The van der Waals surface area contributed by atoms with Crippen molar-refractivity contribution in [3.05, 3.63) is 47.6 Å². The molecule has 0 aliphatic heterocycles. The predicted molar refractivity (Wildman–Crippen MR) is 76.2 cm³/mol. The van der Waals surface area contributed by atoms with E-state index in [2.05, 4.69) is 10.1 Å². The van der Waals surface area contributed by atoms with Crippen molar-refractivity contribution in [2.45, 2.75) is 38.8 Å². The molecule has 2 unspecified atom stereocenters. The third-order valence-corrected chi connectivity index (χ3v) is 3.12. The van der Waals surface area contributed by atoms with Gasteiger partial charge < -0.3 is 15.0 Å². The van der Waals surface area contributed by atoms with E-state index in [0.717, 1.165) is 12.0 Å². The van der Waals surface area contributed by atoms with E-state index >= 15 is 0 Å². The van der Waals surface area contributed by atoms with Crippen molar-refractivity contribution in [2.75, 3.05) is 6.61 Å². The van der Waals surface area contributed by atoms with Crippen LogP contribution < -0.4 is 5.73 Å². The maximum atomic E-state index is 5.90. The second kappa shape index (κ2) is 7.17. The Morgan fingerprint density at radius 1 is 1.25 bits per heavy atom. The highest BCUT2D eigenvalue weighted by atomic mass is 16.5. The fourth-order valence-corrected chi connectivity index (χ4v) is 1.94. The number of ether oxygens (including phenoxy) is 1. The van der Waals surface area contributed by atoms with Crippen LogP contribution in [0.1, 0.15) is 43.7 Å². The molecule has 1 heterocycles. The van der Waals surface area contributed by atoms with Crippen LogP contribution in [0.5, 0.6) is 0 Å². The van der Waals surface area contributed by atoms with Crippen molar-refractivity contribution >= 4 is 0 Å². The van der Waals surface area contributed by atoms with Crippen LogP contribution in [-0.4, -0.2) is 22.8 Å². The highest BCUT2D eigenvalue weighted by molar-refractivity contribution is 5.22. The molecular formula is C15H21N3O2. The zero-order valence-corrected chi connectivity index (χ0v) is 12.0. The van der Waals surface area contributed by atoms with Crippen LogP contribution >= 0.6 is 0 Å². The smallest absolute Gasteiger partial charge is 0.228 e. The van der Waals surface area contributed by atoms with Gasteiger partial charge in [-0.05, 0) is 18.9 Å². The zero-order chi connectivity index (χ0) is 14.4. The third-order valence-electron chi connectivity index (χ3n) is 3.12. The number of hydrogen-bond acceptors (Lipinski definition) is 5. The van der Waals surface area contributed by atoms with Crippen molar-refractivity contribution in [3.63, 3.8) is 0 Å². The number of aromatic nitrogens is 2. The average Bonchev–Trinajstić information content (AvgIpc) is 2.93. The van der Waals surface area contributed by atoms with Crippen molar-refractivity contribution in [2.24, 2.45) is 5.73 Å². The molecule has 2 atom stereocenters. The maximum absolute atomic E-state index is 5.90. The van der Waals surface area contributed by atoms with E-state index in [4.69, 9.17) is 15.0 Å². The number of benzene rings is 1. The van der Waals surface area contributed by atoms with Crippen LogP contribution in [0.4, 0.5) is 0 Å². The SMILES string of the molecule is CCOC(c1ccccc1)c1noc(CC(N)CC)n1. The quantitative estimate of drug-likeness (QED) is 0.840. The van der Waals surface area contributed by atoms with Gasteiger partial charge in [0.2, 0.25) is 11.7 Å². The molecule has 0 aliphatic carbocycles. The molecule has 0 radical (unpaired) electrons. The van der Waals surface area contributed by atoms with Crippen molar-refractivity contribution in [1.82, 2.24) is 10.1 Å². The predicted octanol–water partition coefficient (Wildman–Crippen LogP) is 2.48. The summed E-state index contributed by atoms with van der Waals surface area (Å²) in [5.74, 6) is 1.12. The van der Waals surface area contributed by atoms with Gasteiger partial charge in [-0.1, -0.05) is 42.4 Å². The Bertz CT molecular complexity index is 513. The van der Waals surface area contributed by atoms with Crippen molar-refractivity contribution in [1.29, 1.82) is 0 Å². The van der Waals surface area contributed by atoms with E-state index in [0.29, 0.717) is 24.7 Å². The van der Waals surface area contributed by atoms with Crippen LogP contribution in [0.15, 0.2) is 34.9 Å². The first-order chi connectivity index (χ1) is 9.74. The Balaban J connectivity index is 2.18. The molecule has 1 aromatic heterocycles. The van der Waals surface area contributed by atoms with Crippen molar-refractivity contribution < 1.29 is 9.26 Å². The normalized spacial score (nSPS) is 14.2. The van der Waals surface area contributed by atoms with Gasteiger partial charge in [-0.25, -0.2) is 0 Å². The Hall–Kier alpha value is -1.72. The van der Waals surface area contributed by atoms with Gasteiger partial charge in [0.15, 0.2) is 0 Å². The molecule has 0 saturated heterocycles. The monoisotopic (exact) mass is 275 g/mol. The zero-order valence-electron chi connectivity index (χ0n) is 12.0. The summed E-state index contributed by atoms with van der Waals surface area (Å²) in [5, 5.41) is 4.03. The summed E-state index contributed by atoms with van der Waals surface area (Å²) >= 11 is 0. The highest BCUT2D eigenvalue weighted by Gasteiger charge is 2.21. The summed E-state index contributed by atoms with van der Waals surface area (Å²) < 4.78 is 11.0. The van der Waals surface area contributed by atoms with Gasteiger partial charge in [-0.3, -0.25) is 0 Å². The second-order valence-electron chi connectivity index (χ2n) is 4.66. The van der Waals surface area contributed by atoms with E-state index < -0.39 is 0 Å². The molecule has 0 spiro atoms. The lowest BCUT2D eigenvalue weighted by Gasteiger charge is -2.13. The molecule has 0 saturated carbocycles. The molecule has 0 aliphatic rings. The van der Waals surface area contributed by atoms with Gasteiger partial charge in [-0.15, -0.1) is 0 Å². The molecule has 2 rings (SSSR count). The Kier molecular flexibility index (Phi) is 5.26.